The van der Waals surface area contributed by atoms with Crippen molar-refractivity contribution < 1.29 is 9.53 Å². The lowest BCUT2D eigenvalue weighted by molar-refractivity contribution is -0.129. The first-order chi connectivity index (χ1) is 13.8. The zero-order valence-electron chi connectivity index (χ0n) is 17.2. The molecule has 1 aromatic carbocycles. The molecule has 0 bridgehead atoms. The van der Waals surface area contributed by atoms with Gasteiger partial charge in [0.1, 0.15) is 16.4 Å². The number of aromatic nitrogens is 2. The van der Waals surface area contributed by atoms with Crippen molar-refractivity contribution in [2.45, 2.75) is 38.3 Å². The average molecular weight is 432 g/mol. The number of amides is 1. The van der Waals surface area contributed by atoms with Crippen molar-refractivity contribution in [3.63, 3.8) is 0 Å². The highest BCUT2D eigenvalue weighted by molar-refractivity contribution is 7.99. The fourth-order valence-electron chi connectivity index (χ4n) is 3.04. The topological polar surface area (TPSA) is 75.3 Å². The SMILES string of the molecule is COc1ccc(CN(C)C(=O)C(C)SCc2nc3sc(C)c(C)c3c(=O)[nH]2)cc1. The Labute approximate surface area is 178 Å². The molecular weight excluding hydrogens is 406 g/mol. The highest BCUT2D eigenvalue weighted by atomic mass is 32.2. The van der Waals surface area contributed by atoms with Gasteiger partial charge in [0.15, 0.2) is 0 Å². The number of fused-ring (bicyclic) bond motifs is 1. The van der Waals surface area contributed by atoms with Gasteiger partial charge in [0.05, 0.1) is 23.5 Å². The summed E-state index contributed by atoms with van der Waals surface area (Å²) in [6.07, 6.45) is 0. The third kappa shape index (κ3) is 4.82. The highest BCUT2D eigenvalue weighted by Gasteiger charge is 2.19. The normalized spacial score (nSPS) is 12.2. The van der Waals surface area contributed by atoms with E-state index in [9.17, 15) is 9.59 Å². The van der Waals surface area contributed by atoms with Crippen LogP contribution in [-0.4, -0.2) is 40.2 Å². The van der Waals surface area contributed by atoms with Crippen LogP contribution >= 0.6 is 23.1 Å². The lowest BCUT2D eigenvalue weighted by atomic mass is 10.2. The van der Waals surface area contributed by atoms with Gasteiger partial charge in [-0.1, -0.05) is 12.1 Å². The number of nitrogens with one attached hydrogen (secondary N) is 1. The Balaban J connectivity index is 1.62. The smallest absolute Gasteiger partial charge is 0.259 e. The van der Waals surface area contributed by atoms with E-state index in [1.807, 2.05) is 45.0 Å². The van der Waals surface area contributed by atoms with E-state index >= 15 is 0 Å². The van der Waals surface area contributed by atoms with Crippen molar-refractivity contribution in [1.29, 1.82) is 0 Å². The Morgan fingerprint density at radius 1 is 1.31 bits per heavy atom. The van der Waals surface area contributed by atoms with Gasteiger partial charge in [-0.15, -0.1) is 23.1 Å². The molecule has 1 atom stereocenters. The monoisotopic (exact) mass is 431 g/mol. The summed E-state index contributed by atoms with van der Waals surface area (Å²) in [5.41, 5.74) is 1.92. The van der Waals surface area contributed by atoms with E-state index in [0.717, 1.165) is 26.6 Å². The van der Waals surface area contributed by atoms with Crippen LogP contribution in [0.1, 0.15) is 28.8 Å². The Morgan fingerprint density at radius 3 is 2.66 bits per heavy atom. The molecule has 2 heterocycles. The van der Waals surface area contributed by atoms with E-state index in [1.165, 1.54) is 23.1 Å². The maximum atomic E-state index is 12.7. The second-order valence-electron chi connectivity index (χ2n) is 6.97. The molecule has 0 saturated carbocycles. The maximum Gasteiger partial charge on any atom is 0.259 e. The zero-order chi connectivity index (χ0) is 21.1. The predicted molar refractivity (Wildman–Crippen MR) is 120 cm³/mol. The predicted octanol–water partition coefficient (Wildman–Crippen LogP) is 3.89. The first-order valence-corrected chi connectivity index (χ1v) is 11.1. The summed E-state index contributed by atoms with van der Waals surface area (Å²) in [4.78, 5) is 36.1. The molecule has 1 unspecified atom stereocenters. The van der Waals surface area contributed by atoms with Crippen LogP contribution in [0.3, 0.4) is 0 Å². The number of thiophene rings is 1. The molecule has 2 aromatic heterocycles. The van der Waals surface area contributed by atoms with Crippen molar-refractivity contribution in [1.82, 2.24) is 14.9 Å². The number of rotatable bonds is 7. The number of benzene rings is 1. The largest absolute Gasteiger partial charge is 0.497 e. The van der Waals surface area contributed by atoms with Crippen LogP contribution in [-0.2, 0) is 17.1 Å². The number of nitrogens with zero attached hydrogens (tertiary/aromatic N) is 2. The summed E-state index contributed by atoms with van der Waals surface area (Å²) in [6.45, 7) is 6.35. The molecule has 0 aliphatic heterocycles. The zero-order valence-corrected chi connectivity index (χ0v) is 18.9. The third-order valence-electron chi connectivity index (χ3n) is 4.86. The Kier molecular flexibility index (Phi) is 6.64. The Hall–Kier alpha value is -2.32. The van der Waals surface area contributed by atoms with Crippen LogP contribution in [0.2, 0.25) is 0 Å². The number of carbonyl (C=O) groups excluding carboxylic acids is 1. The lowest BCUT2D eigenvalue weighted by Gasteiger charge is -2.21. The maximum absolute atomic E-state index is 12.7. The Bertz CT molecular complexity index is 1070. The average Bonchev–Trinajstić information content (AvgIpc) is 3.00. The quantitative estimate of drug-likeness (QED) is 0.614. The minimum Gasteiger partial charge on any atom is -0.497 e. The van der Waals surface area contributed by atoms with Gasteiger partial charge in [0.2, 0.25) is 5.91 Å². The number of H-pyrrole nitrogens is 1. The fourth-order valence-corrected chi connectivity index (χ4v) is 4.95. The van der Waals surface area contributed by atoms with E-state index in [1.54, 1.807) is 19.1 Å². The van der Waals surface area contributed by atoms with Gasteiger partial charge in [-0.25, -0.2) is 4.98 Å². The molecule has 0 fully saturated rings. The fraction of sp³-hybridized carbons (Fsp3) is 0.381. The molecule has 0 aliphatic carbocycles. The molecule has 3 aromatic rings. The molecule has 1 N–H and O–H groups in total. The molecule has 8 heteroatoms. The minimum absolute atomic E-state index is 0.0389. The van der Waals surface area contributed by atoms with Crippen LogP contribution in [0.5, 0.6) is 5.75 Å². The van der Waals surface area contributed by atoms with Crippen LogP contribution in [0, 0.1) is 13.8 Å². The number of hydrogen-bond donors (Lipinski definition) is 1. The van der Waals surface area contributed by atoms with E-state index < -0.39 is 0 Å². The number of thioether (sulfide) groups is 1. The summed E-state index contributed by atoms with van der Waals surface area (Å²) in [5.74, 6) is 1.91. The number of ether oxygens (including phenoxy) is 1. The van der Waals surface area contributed by atoms with Crippen molar-refractivity contribution in [2.75, 3.05) is 14.2 Å². The molecule has 3 rings (SSSR count). The molecule has 0 saturated heterocycles. The van der Waals surface area contributed by atoms with E-state index in [2.05, 4.69) is 9.97 Å². The van der Waals surface area contributed by atoms with Crippen molar-refractivity contribution in [2.24, 2.45) is 0 Å². The van der Waals surface area contributed by atoms with Crippen molar-refractivity contribution in [3.8, 4) is 5.75 Å². The van der Waals surface area contributed by atoms with Crippen LogP contribution in [0.25, 0.3) is 10.2 Å². The standard InChI is InChI=1S/C21H25N3O3S2/c1-12-13(2)29-20-18(12)19(25)22-17(23-20)11-28-14(3)21(26)24(4)10-15-6-8-16(27-5)9-7-15/h6-9,14H,10-11H2,1-5H3,(H,22,23,25). The molecule has 29 heavy (non-hydrogen) atoms. The first-order valence-electron chi connectivity index (χ1n) is 9.28. The molecular formula is C21H25N3O3S2. The van der Waals surface area contributed by atoms with Gasteiger partial charge in [-0.3, -0.25) is 9.59 Å². The Morgan fingerprint density at radius 2 is 2.00 bits per heavy atom. The molecule has 0 radical (unpaired) electrons. The number of hydrogen-bond acceptors (Lipinski definition) is 6. The van der Waals surface area contributed by atoms with E-state index in [4.69, 9.17) is 4.74 Å². The number of carbonyl (C=O) groups is 1. The summed E-state index contributed by atoms with van der Waals surface area (Å²) >= 11 is 3.00. The summed E-state index contributed by atoms with van der Waals surface area (Å²) in [5, 5.41) is 0.427. The van der Waals surface area contributed by atoms with Gasteiger partial charge >= 0.3 is 0 Å². The van der Waals surface area contributed by atoms with Gasteiger partial charge in [-0.2, -0.15) is 0 Å². The van der Waals surface area contributed by atoms with Gasteiger partial charge in [0, 0.05) is 18.5 Å². The molecule has 1 amide bonds. The molecule has 0 aliphatic rings. The summed E-state index contributed by atoms with van der Waals surface area (Å²) in [6, 6.07) is 7.68. The van der Waals surface area contributed by atoms with Gasteiger partial charge in [-0.05, 0) is 44.0 Å². The second kappa shape index (κ2) is 9.00. The lowest BCUT2D eigenvalue weighted by Crippen LogP contribution is -2.33. The van der Waals surface area contributed by atoms with Gasteiger partial charge < -0.3 is 14.6 Å². The molecule has 6 nitrogen and oxygen atoms in total. The third-order valence-corrected chi connectivity index (χ3v) is 7.10. The molecule has 0 spiro atoms. The van der Waals surface area contributed by atoms with Crippen molar-refractivity contribution >= 4 is 39.2 Å². The number of aromatic amines is 1. The summed E-state index contributed by atoms with van der Waals surface area (Å²) in [7, 11) is 3.43. The second-order valence-corrected chi connectivity index (χ2v) is 9.50. The van der Waals surface area contributed by atoms with Crippen LogP contribution in [0.15, 0.2) is 29.1 Å². The van der Waals surface area contributed by atoms with Gasteiger partial charge in [0.25, 0.3) is 5.56 Å². The molecule has 154 valence electrons. The van der Waals surface area contributed by atoms with E-state index in [0.29, 0.717) is 23.5 Å². The van der Waals surface area contributed by atoms with Crippen molar-refractivity contribution in [3.05, 3.63) is 56.4 Å². The number of methoxy groups -OCH3 is 1. The number of aryl methyl sites for hydroxylation is 2. The van der Waals surface area contributed by atoms with E-state index in [-0.39, 0.29) is 16.7 Å². The highest BCUT2D eigenvalue weighted by Crippen LogP contribution is 2.26. The van der Waals surface area contributed by atoms with Crippen LogP contribution < -0.4 is 10.3 Å². The minimum atomic E-state index is -0.244. The summed E-state index contributed by atoms with van der Waals surface area (Å²) < 4.78 is 5.16. The first kappa shape index (κ1) is 21.4. The van der Waals surface area contributed by atoms with Crippen LogP contribution in [0.4, 0.5) is 0 Å².